The summed E-state index contributed by atoms with van der Waals surface area (Å²) >= 11 is 0. The van der Waals surface area contributed by atoms with Crippen molar-refractivity contribution in [2.75, 3.05) is 13.7 Å². The minimum absolute atomic E-state index is 0.210. The minimum Gasteiger partial charge on any atom is -0.506 e. The highest BCUT2D eigenvalue weighted by atomic mass is 16.5. The van der Waals surface area contributed by atoms with Crippen LogP contribution in [0.4, 0.5) is 0 Å². The molecule has 0 aliphatic heterocycles. The summed E-state index contributed by atoms with van der Waals surface area (Å²) in [6, 6.07) is 10.1. The largest absolute Gasteiger partial charge is 0.506 e. The fourth-order valence-electron chi connectivity index (χ4n) is 2.76. The maximum atomic E-state index is 13.1. The van der Waals surface area contributed by atoms with Crippen LogP contribution in [0.5, 0.6) is 11.5 Å². The minimum atomic E-state index is -0.634. The van der Waals surface area contributed by atoms with Gasteiger partial charge in [0.2, 0.25) is 0 Å². The first-order chi connectivity index (χ1) is 12.9. The van der Waals surface area contributed by atoms with Crippen LogP contribution in [-0.2, 0) is 0 Å². The molecule has 27 heavy (non-hydrogen) atoms. The lowest BCUT2D eigenvalue weighted by Crippen LogP contribution is -2.34. The van der Waals surface area contributed by atoms with Gasteiger partial charge in [0.05, 0.1) is 18.2 Å². The molecule has 1 amide bonds. The number of nitrogens with one attached hydrogen (secondary N) is 1. The summed E-state index contributed by atoms with van der Waals surface area (Å²) in [4.78, 5) is 29.9. The number of aromatic hydroxyl groups is 1. The second kappa shape index (κ2) is 7.49. The predicted molar refractivity (Wildman–Crippen MR) is 103 cm³/mol. The van der Waals surface area contributed by atoms with Crippen molar-refractivity contribution in [2.45, 2.75) is 13.8 Å². The van der Waals surface area contributed by atoms with Gasteiger partial charge in [0.15, 0.2) is 5.65 Å². The molecule has 0 aliphatic carbocycles. The summed E-state index contributed by atoms with van der Waals surface area (Å²) in [5.74, 6) is -0.131. The Morgan fingerprint density at radius 3 is 2.59 bits per heavy atom. The Balaban J connectivity index is 2.25. The van der Waals surface area contributed by atoms with Crippen LogP contribution in [0.3, 0.4) is 0 Å². The molecule has 3 rings (SSSR count). The molecule has 0 saturated heterocycles. The van der Waals surface area contributed by atoms with Crippen LogP contribution < -0.4 is 15.6 Å². The molecular weight excluding hydrogens is 346 g/mol. The van der Waals surface area contributed by atoms with Gasteiger partial charge in [0.25, 0.3) is 11.5 Å². The van der Waals surface area contributed by atoms with E-state index in [0.717, 1.165) is 0 Å². The van der Waals surface area contributed by atoms with E-state index in [1.807, 2.05) is 13.8 Å². The van der Waals surface area contributed by atoms with Gasteiger partial charge in [-0.05, 0) is 42.3 Å². The van der Waals surface area contributed by atoms with E-state index in [1.165, 1.54) is 10.8 Å². The van der Waals surface area contributed by atoms with E-state index >= 15 is 0 Å². The van der Waals surface area contributed by atoms with E-state index in [0.29, 0.717) is 23.4 Å². The molecule has 7 nitrogen and oxygen atoms in total. The average molecular weight is 367 g/mol. The molecule has 2 N–H and O–H groups in total. The van der Waals surface area contributed by atoms with E-state index in [4.69, 9.17) is 4.74 Å². The number of methoxy groups -OCH3 is 1. The van der Waals surface area contributed by atoms with Crippen molar-refractivity contribution in [3.8, 4) is 17.2 Å². The van der Waals surface area contributed by atoms with Crippen LogP contribution in [0.2, 0.25) is 0 Å². The van der Waals surface area contributed by atoms with Gasteiger partial charge < -0.3 is 15.2 Å². The average Bonchev–Trinajstić information content (AvgIpc) is 2.67. The Hall–Kier alpha value is -3.35. The monoisotopic (exact) mass is 367 g/mol. The first-order valence-electron chi connectivity index (χ1n) is 8.59. The zero-order valence-electron chi connectivity index (χ0n) is 15.4. The van der Waals surface area contributed by atoms with Gasteiger partial charge in [-0.2, -0.15) is 0 Å². The smallest absolute Gasteiger partial charge is 0.273 e. The summed E-state index contributed by atoms with van der Waals surface area (Å²) in [6.07, 6.45) is 1.53. The number of carbonyl (C=O) groups is 1. The number of nitrogens with zero attached hydrogens (tertiary/aromatic N) is 2. The number of pyridine rings is 2. The van der Waals surface area contributed by atoms with Crippen molar-refractivity contribution >= 4 is 16.9 Å². The fraction of sp³-hybridized carbons (Fsp3) is 0.250. The second-order valence-electron chi connectivity index (χ2n) is 6.54. The van der Waals surface area contributed by atoms with Crippen molar-refractivity contribution in [1.29, 1.82) is 0 Å². The van der Waals surface area contributed by atoms with E-state index in [2.05, 4.69) is 10.3 Å². The third-order valence-electron chi connectivity index (χ3n) is 4.14. The number of carbonyl (C=O) groups excluding carboxylic acids is 1. The zero-order valence-corrected chi connectivity index (χ0v) is 15.4. The summed E-state index contributed by atoms with van der Waals surface area (Å²) in [7, 11) is 1.55. The molecular formula is C20H21N3O4. The third-order valence-corrected chi connectivity index (χ3v) is 4.14. The second-order valence-corrected chi connectivity index (χ2v) is 6.54. The molecule has 2 heterocycles. The highest BCUT2D eigenvalue weighted by Gasteiger charge is 2.23. The van der Waals surface area contributed by atoms with Crippen molar-refractivity contribution in [1.82, 2.24) is 14.9 Å². The Morgan fingerprint density at radius 1 is 1.26 bits per heavy atom. The molecule has 0 unspecified atom stereocenters. The number of amides is 1. The van der Waals surface area contributed by atoms with Crippen LogP contribution in [-0.4, -0.2) is 34.2 Å². The lowest BCUT2D eigenvalue weighted by Gasteiger charge is -2.15. The molecule has 1 aromatic carbocycles. The highest BCUT2D eigenvalue weighted by molar-refractivity contribution is 6.02. The van der Waals surface area contributed by atoms with Crippen molar-refractivity contribution in [3.05, 3.63) is 58.5 Å². The molecule has 7 heteroatoms. The van der Waals surface area contributed by atoms with Crippen LogP contribution in [0.25, 0.3) is 16.7 Å². The predicted octanol–water partition coefficient (Wildman–Crippen LogP) is 2.49. The molecule has 0 aliphatic rings. The molecule has 0 bridgehead atoms. The number of hydrogen-bond donors (Lipinski definition) is 2. The normalized spacial score (nSPS) is 11.0. The molecule has 0 radical (unpaired) electrons. The van der Waals surface area contributed by atoms with Gasteiger partial charge >= 0.3 is 0 Å². The first kappa shape index (κ1) is 18.4. The van der Waals surface area contributed by atoms with Gasteiger partial charge in [-0.3, -0.25) is 14.2 Å². The molecule has 0 fully saturated rings. The summed E-state index contributed by atoms with van der Waals surface area (Å²) < 4.78 is 6.47. The van der Waals surface area contributed by atoms with E-state index in [-0.39, 0.29) is 22.9 Å². The number of ether oxygens (including phenoxy) is 1. The lowest BCUT2D eigenvalue weighted by molar-refractivity contribution is 0.0944. The van der Waals surface area contributed by atoms with Gasteiger partial charge in [-0.1, -0.05) is 13.8 Å². The van der Waals surface area contributed by atoms with Crippen LogP contribution in [0.15, 0.2) is 47.4 Å². The third kappa shape index (κ3) is 3.48. The Morgan fingerprint density at radius 2 is 1.96 bits per heavy atom. The maximum Gasteiger partial charge on any atom is 0.273 e. The SMILES string of the molecule is COc1ccc(-n2c(=O)c(C(=O)NCC(C)C)c(O)c3cccnc32)cc1. The number of hydrogen-bond acceptors (Lipinski definition) is 5. The topological polar surface area (TPSA) is 93.5 Å². The first-order valence-corrected chi connectivity index (χ1v) is 8.59. The van der Waals surface area contributed by atoms with Gasteiger partial charge in [-0.25, -0.2) is 4.98 Å². The number of rotatable bonds is 5. The standard InChI is InChI=1S/C20H21N3O4/c1-12(2)11-22-19(25)16-17(24)15-5-4-10-21-18(15)23(20(16)26)13-6-8-14(27-3)9-7-13/h4-10,12,24H,11H2,1-3H3,(H,22,25). The molecule has 0 spiro atoms. The quantitative estimate of drug-likeness (QED) is 0.723. The number of aromatic nitrogens is 2. The fourth-order valence-corrected chi connectivity index (χ4v) is 2.76. The molecule has 3 aromatic rings. The van der Waals surface area contributed by atoms with Crippen LogP contribution in [0, 0.1) is 5.92 Å². The molecule has 0 atom stereocenters. The summed E-state index contributed by atoms with van der Waals surface area (Å²) in [6.45, 7) is 4.28. The summed E-state index contributed by atoms with van der Waals surface area (Å²) in [5, 5.41) is 13.6. The number of fused-ring (bicyclic) bond motifs is 1. The van der Waals surface area contributed by atoms with E-state index in [1.54, 1.807) is 43.5 Å². The molecule has 140 valence electrons. The van der Waals surface area contributed by atoms with Crippen LogP contribution in [0.1, 0.15) is 24.2 Å². The van der Waals surface area contributed by atoms with Gasteiger partial charge in [0.1, 0.15) is 17.1 Å². The Bertz CT molecular complexity index is 1040. The van der Waals surface area contributed by atoms with E-state index in [9.17, 15) is 14.7 Å². The maximum absolute atomic E-state index is 13.1. The van der Waals surface area contributed by atoms with Crippen molar-refractivity contribution < 1.29 is 14.6 Å². The van der Waals surface area contributed by atoms with Crippen molar-refractivity contribution in [3.63, 3.8) is 0 Å². The van der Waals surface area contributed by atoms with Crippen molar-refractivity contribution in [2.24, 2.45) is 5.92 Å². The number of benzene rings is 1. The molecule has 0 saturated carbocycles. The zero-order chi connectivity index (χ0) is 19.6. The van der Waals surface area contributed by atoms with Gasteiger partial charge in [-0.15, -0.1) is 0 Å². The highest BCUT2D eigenvalue weighted by Crippen LogP contribution is 2.27. The Kier molecular flexibility index (Phi) is 5.12. The molecule has 2 aromatic heterocycles. The van der Waals surface area contributed by atoms with E-state index < -0.39 is 11.5 Å². The van der Waals surface area contributed by atoms with Gasteiger partial charge in [0, 0.05) is 12.7 Å². The lowest BCUT2D eigenvalue weighted by atomic mass is 10.1. The van der Waals surface area contributed by atoms with Crippen LogP contribution >= 0.6 is 0 Å². The summed E-state index contributed by atoms with van der Waals surface area (Å²) in [5.41, 5.74) is -0.148. The Labute approximate surface area is 156 Å².